The fraction of sp³-hybridized carbons (Fsp3) is 0.316. The summed E-state index contributed by atoms with van der Waals surface area (Å²) in [6, 6.07) is 11.4. The Bertz CT molecular complexity index is 941. The minimum absolute atomic E-state index is 0.0132. The molecule has 0 fully saturated rings. The van der Waals surface area contributed by atoms with E-state index in [0.717, 1.165) is 9.87 Å². The quantitative estimate of drug-likeness (QED) is 0.704. The van der Waals surface area contributed by atoms with E-state index in [0.29, 0.717) is 30.4 Å². The average molecular weight is 391 g/mol. The van der Waals surface area contributed by atoms with Crippen molar-refractivity contribution in [3.63, 3.8) is 0 Å². The van der Waals surface area contributed by atoms with E-state index in [-0.39, 0.29) is 11.5 Å². The summed E-state index contributed by atoms with van der Waals surface area (Å²) in [6.45, 7) is 3.97. The van der Waals surface area contributed by atoms with Crippen LogP contribution in [0.25, 0.3) is 0 Å². The lowest BCUT2D eigenvalue weighted by atomic mass is 10.2. The summed E-state index contributed by atoms with van der Waals surface area (Å²) in [5, 5.41) is 0. The number of para-hydroxylation sites is 1. The van der Waals surface area contributed by atoms with Gasteiger partial charge in [0.25, 0.3) is 10.0 Å². The van der Waals surface area contributed by atoms with Gasteiger partial charge in [-0.15, -0.1) is 0 Å². The summed E-state index contributed by atoms with van der Waals surface area (Å²) >= 11 is 0. The first-order chi connectivity index (χ1) is 12.9. The molecular formula is C19H21NO6S. The van der Waals surface area contributed by atoms with Crippen LogP contribution in [0, 0.1) is 6.92 Å². The Labute approximate surface area is 158 Å². The number of benzene rings is 2. The summed E-state index contributed by atoms with van der Waals surface area (Å²) in [7, 11) is -4.03. The fourth-order valence-electron chi connectivity index (χ4n) is 2.78. The molecule has 144 valence electrons. The van der Waals surface area contributed by atoms with Crippen LogP contribution < -0.4 is 13.8 Å². The number of sulfonamides is 1. The summed E-state index contributed by atoms with van der Waals surface area (Å²) < 4.78 is 43.6. The van der Waals surface area contributed by atoms with Gasteiger partial charge in [-0.25, -0.2) is 8.42 Å². The summed E-state index contributed by atoms with van der Waals surface area (Å²) in [6.07, 6.45) is 0. The molecule has 0 unspecified atom stereocenters. The number of aryl methyl sites for hydroxylation is 1. The lowest BCUT2D eigenvalue weighted by Crippen LogP contribution is -2.37. The summed E-state index contributed by atoms with van der Waals surface area (Å²) in [5.41, 5.74) is 1.14. The number of ether oxygens (including phenoxy) is 3. The molecule has 2 aromatic carbocycles. The van der Waals surface area contributed by atoms with Crippen molar-refractivity contribution in [2.75, 3.05) is 30.7 Å². The standard InChI is InChI=1S/C19H21NO6S/c1-3-24-19(21)13-20(16-7-5-4-6-14(16)2)27(22,23)15-8-9-17-18(12-15)26-11-10-25-17/h4-9,12H,3,10-11,13H2,1-2H3. The maximum absolute atomic E-state index is 13.3. The number of nitrogens with zero attached hydrogens (tertiary/aromatic N) is 1. The normalized spacial score (nSPS) is 13.1. The van der Waals surface area contributed by atoms with Crippen LogP contribution in [0.1, 0.15) is 12.5 Å². The van der Waals surface area contributed by atoms with Crippen LogP contribution in [-0.4, -0.2) is 40.8 Å². The van der Waals surface area contributed by atoms with Crippen molar-refractivity contribution in [3.05, 3.63) is 48.0 Å². The van der Waals surface area contributed by atoms with Crippen molar-refractivity contribution in [1.82, 2.24) is 0 Å². The van der Waals surface area contributed by atoms with Gasteiger partial charge in [0.15, 0.2) is 11.5 Å². The van der Waals surface area contributed by atoms with Crippen molar-refractivity contribution in [3.8, 4) is 11.5 Å². The summed E-state index contributed by atoms with van der Waals surface area (Å²) in [4.78, 5) is 12.1. The van der Waals surface area contributed by atoms with Crippen molar-refractivity contribution in [1.29, 1.82) is 0 Å². The Balaban J connectivity index is 2.04. The van der Waals surface area contributed by atoms with Gasteiger partial charge in [0.05, 0.1) is 17.2 Å². The van der Waals surface area contributed by atoms with Gasteiger partial charge in [-0.3, -0.25) is 9.10 Å². The van der Waals surface area contributed by atoms with Crippen LogP contribution in [0.2, 0.25) is 0 Å². The van der Waals surface area contributed by atoms with E-state index in [2.05, 4.69) is 0 Å². The highest BCUT2D eigenvalue weighted by atomic mass is 32.2. The number of carbonyl (C=O) groups is 1. The Morgan fingerprint density at radius 3 is 2.52 bits per heavy atom. The minimum Gasteiger partial charge on any atom is -0.486 e. The summed E-state index contributed by atoms with van der Waals surface area (Å²) in [5.74, 6) is 0.234. The third kappa shape index (κ3) is 4.00. The molecule has 3 rings (SSSR count). The van der Waals surface area contributed by atoms with E-state index in [9.17, 15) is 13.2 Å². The zero-order chi connectivity index (χ0) is 19.4. The topological polar surface area (TPSA) is 82.1 Å². The monoisotopic (exact) mass is 391 g/mol. The van der Waals surface area contributed by atoms with Gasteiger partial charge < -0.3 is 14.2 Å². The van der Waals surface area contributed by atoms with Crippen molar-refractivity contribution >= 4 is 21.7 Å². The van der Waals surface area contributed by atoms with E-state index in [4.69, 9.17) is 14.2 Å². The average Bonchev–Trinajstić information content (AvgIpc) is 2.66. The zero-order valence-electron chi connectivity index (χ0n) is 15.2. The molecule has 0 aromatic heterocycles. The van der Waals surface area contributed by atoms with Gasteiger partial charge in [0, 0.05) is 6.07 Å². The molecule has 0 amide bonds. The first-order valence-electron chi connectivity index (χ1n) is 8.57. The third-order valence-corrected chi connectivity index (χ3v) is 5.82. The molecule has 27 heavy (non-hydrogen) atoms. The lowest BCUT2D eigenvalue weighted by Gasteiger charge is -2.26. The van der Waals surface area contributed by atoms with E-state index < -0.39 is 22.5 Å². The molecule has 0 saturated heterocycles. The molecule has 0 N–H and O–H groups in total. The largest absolute Gasteiger partial charge is 0.486 e. The smallest absolute Gasteiger partial charge is 0.326 e. The second-order valence-corrected chi connectivity index (χ2v) is 7.77. The molecule has 2 aromatic rings. The number of hydrogen-bond acceptors (Lipinski definition) is 6. The van der Waals surface area contributed by atoms with E-state index in [1.165, 1.54) is 12.1 Å². The Hall–Kier alpha value is -2.74. The first kappa shape index (κ1) is 19.0. The highest BCUT2D eigenvalue weighted by molar-refractivity contribution is 7.92. The van der Waals surface area contributed by atoms with Gasteiger partial charge in [-0.05, 0) is 37.6 Å². The molecule has 0 saturated carbocycles. The van der Waals surface area contributed by atoms with E-state index >= 15 is 0 Å². The number of fused-ring (bicyclic) bond motifs is 1. The van der Waals surface area contributed by atoms with Crippen LogP contribution in [0.4, 0.5) is 5.69 Å². The molecule has 1 aliphatic heterocycles. The zero-order valence-corrected chi connectivity index (χ0v) is 16.0. The van der Waals surface area contributed by atoms with E-state index in [1.54, 1.807) is 44.2 Å². The SMILES string of the molecule is CCOC(=O)CN(c1ccccc1C)S(=O)(=O)c1ccc2c(c1)OCCO2. The van der Waals surface area contributed by atoms with Gasteiger partial charge in [-0.1, -0.05) is 18.2 Å². The van der Waals surface area contributed by atoms with Gasteiger partial charge in [0.1, 0.15) is 19.8 Å². The molecule has 0 atom stereocenters. The maximum Gasteiger partial charge on any atom is 0.326 e. The van der Waals surface area contributed by atoms with Crippen molar-refractivity contribution < 1.29 is 27.4 Å². The third-order valence-electron chi connectivity index (χ3n) is 4.06. The Kier molecular flexibility index (Phi) is 5.55. The predicted octanol–water partition coefficient (Wildman–Crippen LogP) is 2.52. The van der Waals surface area contributed by atoms with Crippen molar-refractivity contribution in [2.45, 2.75) is 18.7 Å². The Morgan fingerprint density at radius 2 is 1.81 bits per heavy atom. The number of hydrogen-bond donors (Lipinski definition) is 0. The van der Waals surface area contributed by atoms with Gasteiger partial charge in [0.2, 0.25) is 0 Å². The van der Waals surface area contributed by atoms with Crippen LogP contribution in [0.15, 0.2) is 47.4 Å². The number of carbonyl (C=O) groups excluding carboxylic acids is 1. The Morgan fingerprint density at radius 1 is 1.11 bits per heavy atom. The molecule has 1 heterocycles. The second kappa shape index (κ2) is 7.87. The molecule has 0 spiro atoms. The molecule has 0 bridgehead atoms. The lowest BCUT2D eigenvalue weighted by molar-refractivity contribution is -0.141. The fourth-order valence-corrected chi connectivity index (χ4v) is 4.27. The molecule has 1 aliphatic rings. The molecular weight excluding hydrogens is 370 g/mol. The van der Waals surface area contributed by atoms with E-state index in [1.807, 2.05) is 0 Å². The maximum atomic E-state index is 13.3. The number of anilines is 1. The van der Waals surface area contributed by atoms with Crippen LogP contribution >= 0.6 is 0 Å². The number of esters is 1. The molecule has 0 aliphatic carbocycles. The minimum atomic E-state index is -4.03. The predicted molar refractivity (Wildman–Crippen MR) is 99.8 cm³/mol. The molecule has 7 nitrogen and oxygen atoms in total. The van der Waals surface area contributed by atoms with Gasteiger partial charge >= 0.3 is 5.97 Å². The van der Waals surface area contributed by atoms with Crippen molar-refractivity contribution in [2.24, 2.45) is 0 Å². The number of rotatable bonds is 6. The highest BCUT2D eigenvalue weighted by Crippen LogP contribution is 2.34. The van der Waals surface area contributed by atoms with Crippen LogP contribution in [0.5, 0.6) is 11.5 Å². The highest BCUT2D eigenvalue weighted by Gasteiger charge is 2.30. The molecule has 8 heteroatoms. The van der Waals surface area contributed by atoms with Crippen LogP contribution in [0.3, 0.4) is 0 Å². The van der Waals surface area contributed by atoms with Gasteiger partial charge in [-0.2, -0.15) is 0 Å². The second-order valence-electron chi connectivity index (χ2n) is 5.91. The molecule has 0 radical (unpaired) electrons. The van der Waals surface area contributed by atoms with Crippen LogP contribution in [-0.2, 0) is 19.6 Å². The first-order valence-corrected chi connectivity index (χ1v) is 10.0.